The van der Waals surface area contributed by atoms with Crippen molar-refractivity contribution in [2.45, 2.75) is 13.3 Å². The molecule has 6 heteroatoms. The van der Waals surface area contributed by atoms with E-state index in [-0.39, 0.29) is 19.6 Å². The van der Waals surface area contributed by atoms with Gasteiger partial charge in [-0.25, -0.2) is 0 Å². The molecule has 0 aliphatic carbocycles. The number of ether oxygens (including phenoxy) is 2. The average molecular weight is 348 g/mol. The van der Waals surface area contributed by atoms with Gasteiger partial charge in [0.25, 0.3) is 5.91 Å². The monoisotopic (exact) mass is 347 g/mol. The Morgan fingerprint density at radius 3 is 2.54 bits per heavy atom. The Morgan fingerprint density at radius 2 is 1.79 bits per heavy atom. The van der Waals surface area contributed by atoms with E-state index in [0.717, 1.165) is 11.3 Å². The maximum atomic E-state index is 11.7. The van der Waals surface area contributed by atoms with Gasteiger partial charge in [-0.1, -0.05) is 41.9 Å². The van der Waals surface area contributed by atoms with Gasteiger partial charge in [-0.15, -0.1) is 0 Å². The molecule has 0 fully saturated rings. The van der Waals surface area contributed by atoms with Gasteiger partial charge in [0, 0.05) is 0 Å². The van der Waals surface area contributed by atoms with E-state index < -0.39 is 11.9 Å². The molecule has 1 amide bonds. The van der Waals surface area contributed by atoms with E-state index in [1.165, 1.54) is 0 Å². The van der Waals surface area contributed by atoms with E-state index >= 15 is 0 Å². The van der Waals surface area contributed by atoms with E-state index in [1.54, 1.807) is 24.3 Å². The number of hydrogen-bond donors (Lipinski definition) is 1. The van der Waals surface area contributed by atoms with Crippen molar-refractivity contribution in [1.82, 2.24) is 0 Å². The predicted octanol–water partition coefficient (Wildman–Crippen LogP) is 3.60. The van der Waals surface area contributed by atoms with E-state index in [0.29, 0.717) is 10.7 Å². The van der Waals surface area contributed by atoms with Crippen LogP contribution >= 0.6 is 11.6 Å². The number of nitrogens with one attached hydrogen (secondary N) is 1. The summed E-state index contributed by atoms with van der Waals surface area (Å²) in [5.74, 6) is -0.226. The number of esters is 1. The van der Waals surface area contributed by atoms with Gasteiger partial charge in [0.2, 0.25) is 0 Å². The molecule has 0 unspecified atom stereocenters. The number of para-hydroxylation sites is 2. The lowest BCUT2D eigenvalue weighted by Gasteiger charge is -2.09. The SMILES string of the molecule is Cc1ccccc1OCCC(=O)OCC(=O)Nc1ccccc1Cl. The molecule has 0 bridgehead atoms. The maximum Gasteiger partial charge on any atom is 0.309 e. The maximum absolute atomic E-state index is 11.7. The van der Waals surface area contributed by atoms with Crippen LogP contribution in [0.2, 0.25) is 5.02 Å². The molecule has 0 aromatic heterocycles. The number of aryl methyl sites for hydroxylation is 1. The molecule has 0 heterocycles. The lowest BCUT2D eigenvalue weighted by molar-refractivity contribution is -0.147. The van der Waals surface area contributed by atoms with E-state index in [4.69, 9.17) is 21.1 Å². The minimum atomic E-state index is -0.502. The first-order valence-corrected chi connectivity index (χ1v) is 7.82. The van der Waals surface area contributed by atoms with Crippen LogP contribution in [0.1, 0.15) is 12.0 Å². The second-order valence-electron chi connectivity index (χ2n) is 5.05. The summed E-state index contributed by atoms with van der Waals surface area (Å²) in [5, 5.41) is 3.00. The van der Waals surface area contributed by atoms with Crippen LogP contribution < -0.4 is 10.1 Å². The van der Waals surface area contributed by atoms with Crippen molar-refractivity contribution in [2.24, 2.45) is 0 Å². The lowest BCUT2D eigenvalue weighted by atomic mass is 10.2. The number of rotatable bonds is 7. The summed E-state index contributed by atoms with van der Waals surface area (Å²) in [6.07, 6.45) is 0.0632. The van der Waals surface area contributed by atoms with Crippen molar-refractivity contribution < 1.29 is 19.1 Å². The molecular formula is C18H18ClNO4. The molecule has 5 nitrogen and oxygen atoms in total. The van der Waals surface area contributed by atoms with Crippen LogP contribution in [0, 0.1) is 6.92 Å². The van der Waals surface area contributed by atoms with Crippen LogP contribution in [0.25, 0.3) is 0 Å². The fourth-order valence-electron chi connectivity index (χ4n) is 1.93. The van der Waals surface area contributed by atoms with Gasteiger partial charge in [0.1, 0.15) is 5.75 Å². The molecule has 0 saturated carbocycles. The Balaban J connectivity index is 1.68. The molecule has 0 saturated heterocycles. The first-order chi connectivity index (χ1) is 11.6. The van der Waals surface area contributed by atoms with Gasteiger partial charge >= 0.3 is 5.97 Å². The highest BCUT2D eigenvalue weighted by atomic mass is 35.5. The first-order valence-electron chi connectivity index (χ1n) is 7.44. The minimum absolute atomic E-state index is 0.0632. The summed E-state index contributed by atoms with van der Waals surface area (Å²) < 4.78 is 10.4. The molecule has 2 aromatic carbocycles. The van der Waals surface area contributed by atoms with Crippen LogP contribution in [0.4, 0.5) is 5.69 Å². The van der Waals surface area contributed by atoms with Crippen molar-refractivity contribution in [3.05, 3.63) is 59.1 Å². The molecule has 1 N–H and O–H groups in total. The zero-order chi connectivity index (χ0) is 17.4. The second-order valence-corrected chi connectivity index (χ2v) is 5.46. The smallest absolute Gasteiger partial charge is 0.309 e. The molecular weight excluding hydrogens is 330 g/mol. The third-order valence-electron chi connectivity index (χ3n) is 3.17. The Labute approximate surface area is 145 Å². The number of halogens is 1. The zero-order valence-electron chi connectivity index (χ0n) is 13.3. The van der Waals surface area contributed by atoms with Gasteiger partial charge in [0.15, 0.2) is 6.61 Å². The second kappa shape index (κ2) is 8.93. The molecule has 0 radical (unpaired) electrons. The van der Waals surface area contributed by atoms with Crippen LogP contribution in [-0.4, -0.2) is 25.1 Å². The predicted molar refractivity (Wildman–Crippen MR) is 92.3 cm³/mol. The Hall–Kier alpha value is -2.53. The van der Waals surface area contributed by atoms with Crippen molar-refractivity contribution in [3.8, 4) is 5.75 Å². The third kappa shape index (κ3) is 5.59. The Morgan fingerprint density at radius 1 is 1.08 bits per heavy atom. The van der Waals surface area contributed by atoms with Gasteiger partial charge < -0.3 is 14.8 Å². The normalized spacial score (nSPS) is 10.1. The molecule has 0 spiro atoms. The Kier molecular flexibility index (Phi) is 6.63. The van der Waals surface area contributed by atoms with Crippen LogP contribution in [0.3, 0.4) is 0 Å². The van der Waals surface area contributed by atoms with Gasteiger partial charge in [-0.2, -0.15) is 0 Å². The summed E-state index contributed by atoms with van der Waals surface area (Å²) in [6.45, 7) is 1.75. The van der Waals surface area contributed by atoms with Crippen LogP contribution in [-0.2, 0) is 14.3 Å². The van der Waals surface area contributed by atoms with Gasteiger partial charge in [-0.05, 0) is 30.7 Å². The minimum Gasteiger partial charge on any atom is -0.493 e. The average Bonchev–Trinajstić information content (AvgIpc) is 2.57. The molecule has 0 aliphatic heterocycles. The van der Waals surface area contributed by atoms with E-state index in [1.807, 2.05) is 31.2 Å². The van der Waals surface area contributed by atoms with Crippen LogP contribution in [0.15, 0.2) is 48.5 Å². The number of carbonyl (C=O) groups excluding carboxylic acids is 2. The van der Waals surface area contributed by atoms with Crippen molar-refractivity contribution in [1.29, 1.82) is 0 Å². The lowest BCUT2D eigenvalue weighted by Crippen LogP contribution is -2.21. The molecule has 0 atom stereocenters. The van der Waals surface area contributed by atoms with E-state index in [2.05, 4.69) is 5.32 Å². The molecule has 0 aliphatic rings. The highest BCUT2D eigenvalue weighted by Gasteiger charge is 2.10. The van der Waals surface area contributed by atoms with Crippen molar-refractivity contribution in [2.75, 3.05) is 18.5 Å². The summed E-state index contributed by atoms with van der Waals surface area (Å²) in [5.41, 5.74) is 1.47. The van der Waals surface area contributed by atoms with Crippen LogP contribution in [0.5, 0.6) is 5.75 Å². The van der Waals surface area contributed by atoms with Crippen molar-refractivity contribution >= 4 is 29.2 Å². The summed E-state index contributed by atoms with van der Waals surface area (Å²) in [7, 11) is 0. The molecule has 126 valence electrons. The van der Waals surface area contributed by atoms with Gasteiger partial charge in [-0.3, -0.25) is 9.59 Å². The fraction of sp³-hybridized carbons (Fsp3) is 0.222. The Bertz CT molecular complexity index is 718. The molecule has 2 aromatic rings. The number of anilines is 1. The van der Waals surface area contributed by atoms with Gasteiger partial charge in [0.05, 0.1) is 23.7 Å². The van der Waals surface area contributed by atoms with Crippen molar-refractivity contribution in [3.63, 3.8) is 0 Å². The number of benzene rings is 2. The largest absolute Gasteiger partial charge is 0.493 e. The quantitative estimate of drug-likeness (QED) is 0.777. The third-order valence-corrected chi connectivity index (χ3v) is 3.50. The van der Waals surface area contributed by atoms with E-state index in [9.17, 15) is 9.59 Å². The standard InChI is InChI=1S/C18H18ClNO4/c1-13-6-2-5-9-16(13)23-11-10-18(22)24-12-17(21)20-15-8-4-3-7-14(15)19/h2-9H,10-12H2,1H3,(H,20,21). The summed E-state index contributed by atoms with van der Waals surface area (Å²) >= 11 is 5.93. The highest BCUT2D eigenvalue weighted by molar-refractivity contribution is 6.33. The molecule has 24 heavy (non-hydrogen) atoms. The number of hydrogen-bond acceptors (Lipinski definition) is 4. The first kappa shape index (κ1) is 17.8. The number of carbonyl (C=O) groups is 2. The fourth-order valence-corrected chi connectivity index (χ4v) is 2.11. The zero-order valence-corrected chi connectivity index (χ0v) is 14.0. The summed E-state index contributed by atoms with van der Waals surface area (Å²) in [6, 6.07) is 14.4. The number of amides is 1. The topological polar surface area (TPSA) is 64.6 Å². The molecule has 2 rings (SSSR count). The summed E-state index contributed by atoms with van der Waals surface area (Å²) in [4.78, 5) is 23.4. The highest BCUT2D eigenvalue weighted by Crippen LogP contribution is 2.20.